The number of aryl methyl sites for hydroxylation is 1. The van der Waals surface area contributed by atoms with Crippen LogP contribution in [0.3, 0.4) is 0 Å². The smallest absolute Gasteiger partial charge is 0.242 e. The van der Waals surface area contributed by atoms with Crippen molar-refractivity contribution in [1.82, 2.24) is 19.3 Å². The predicted octanol–water partition coefficient (Wildman–Crippen LogP) is 3.79. The van der Waals surface area contributed by atoms with E-state index in [2.05, 4.69) is 10.1 Å². The van der Waals surface area contributed by atoms with E-state index in [1.165, 1.54) is 24.3 Å². The highest BCUT2D eigenvalue weighted by Crippen LogP contribution is 2.43. The molecule has 0 spiro atoms. The zero-order valence-electron chi connectivity index (χ0n) is 16.5. The van der Waals surface area contributed by atoms with Crippen molar-refractivity contribution < 1.29 is 13.9 Å². The van der Waals surface area contributed by atoms with Crippen LogP contribution in [0.1, 0.15) is 28.7 Å². The second kappa shape index (κ2) is 7.16. The molecule has 0 saturated carbocycles. The fourth-order valence-electron chi connectivity index (χ4n) is 4.38. The van der Waals surface area contributed by atoms with Gasteiger partial charge in [-0.3, -0.25) is 9.48 Å². The fourth-order valence-corrected chi connectivity index (χ4v) is 4.38. The maximum atomic E-state index is 13.9. The predicted molar refractivity (Wildman–Crippen MR) is 110 cm³/mol. The first-order valence-electron chi connectivity index (χ1n) is 9.78. The Morgan fingerprint density at radius 2 is 1.87 bits per heavy atom. The second-order valence-corrected chi connectivity index (χ2v) is 7.65. The fraction of sp³-hybridized carbons (Fsp3) is 0.174. The van der Waals surface area contributed by atoms with E-state index in [0.29, 0.717) is 12.4 Å². The van der Waals surface area contributed by atoms with Crippen LogP contribution in [0.25, 0.3) is 11.5 Å². The third-order valence-corrected chi connectivity index (χ3v) is 5.79. The van der Waals surface area contributed by atoms with Gasteiger partial charge in [0.05, 0.1) is 12.2 Å². The van der Waals surface area contributed by atoms with Crippen LogP contribution in [0.15, 0.2) is 65.8 Å². The molecule has 3 heterocycles. The summed E-state index contributed by atoms with van der Waals surface area (Å²) in [4.78, 5) is 16.4. The minimum absolute atomic E-state index is 0.223. The molecule has 0 radical (unpaired) electrons. The van der Waals surface area contributed by atoms with Crippen LogP contribution in [0.2, 0.25) is 0 Å². The van der Waals surface area contributed by atoms with Crippen molar-refractivity contribution >= 4 is 0 Å². The highest BCUT2D eigenvalue weighted by molar-refractivity contribution is 5.60. The van der Waals surface area contributed by atoms with Crippen molar-refractivity contribution in [3.8, 4) is 17.3 Å². The summed E-state index contributed by atoms with van der Waals surface area (Å²) in [7, 11) is 0. The van der Waals surface area contributed by atoms with E-state index in [9.17, 15) is 18.7 Å². The number of hydrogen-bond donors (Lipinski definition) is 1. The van der Waals surface area contributed by atoms with Crippen LogP contribution in [-0.4, -0.2) is 24.4 Å². The Kier molecular flexibility index (Phi) is 4.43. The molecule has 31 heavy (non-hydrogen) atoms. The Hall–Kier alpha value is -3.81. The van der Waals surface area contributed by atoms with Crippen LogP contribution in [0, 0.1) is 18.6 Å². The van der Waals surface area contributed by atoms with Crippen LogP contribution < -0.4 is 5.43 Å². The number of rotatable bonds is 3. The monoisotopic (exact) mass is 420 g/mol. The molecule has 156 valence electrons. The Labute approximate surface area is 176 Å². The summed E-state index contributed by atoms with van der Waals surface area (Å²) >= 11 is 0. The molecule has 0 bridgehead atoms. The average Bonchev–Trinajstić information content (AvgIpc) is 3.22. The Morgan fingerprint density at radius 1 is 1.13 bits per heavy atom. The van der Waals surface area contributed by atoms with Gasteiger partial charge in [0.25, 0.3) is 0 Å². The van der Waals surface area contributed by atoms with Crippen molar-refractivity contribution in [2.24, 2.45) is 0 Å². The van der Waals surface area contributed by atoms with Crippen molar-refractivity contribution in [3.63, 3.8) is 0 Å². The topological polar surface area (TPSA) is 72.9 Å². The zero-order valence-corrected chi connectivity index (χ0v) is 16.5. The first-order chi connectivity index (χ1) is 14.9. The van der Waals surface area contributed by atoms with Crippen molar-refractivity contribution in [2.75, 3.05) is 0 Å². The molecule has 1 unspecified atom stereocenters. The normalized spacial score (nSPS) is 15.9. The van der Waals surface area contributed by atoms with Crippen molar-refractivity contribution in [2.45, 2.75) is 25.4 Å². The molecule has 0 amide bonds. The number of nitrogens with zero attached hydrogens (tertiary/aromatic N) is 4. The number of hydrogen-bond acceptors (Lipinski definition) is 4. The van der Waals surface area contributed by atoms with Crippen LogP contribution in [-0.2, 0) is 6.54 Å². The summed E-state index contributed by atoms with van der Waals surface area (Å²) < 4.78 is 31.0. The highest BCUT2D eigenvalue weighted by atomic mass is 19.1. The molecule has 2 aromatic heterocycles. The molecule has 1 aliphatic heterocycles. The van der Waals surface area contributed by atoms with E-state index >= 15 is 0 Å². The van der Waals surface area contributed by atoms with Gasteiger partial charge in [-0.25, -0.2) is 13.8 Å². The van der Waals surface area contributed by atoms with E-state index < -0.39 is 17.2 Å². The molecule has 0 fully saturated rings. The maximum absolute atomic E-state index is 13.9. The van der Waals surface area contributed by atoms with Gasteiger partial charge in [-0.15, -0.1) is 0 Å². The Morgan fingerprint density at radius 3 is 2.61 bits per heavy atom. The molecule has 0 aliphatic carbocycles. The zero-order chi connectivity index (χ0) is 21.7. The van der Waals surface area contributed by atoms with Gasteiger partial charge in [0.15, 0.2) is 11.6 Å². The molecule has 2 atom stereocenters. The Balaban J connectivity index is 1.77. The molecular formula is C23H18F2N4O2. The van der Waals surface area contributed by atoms with E-state index in [4.69, 9.17) is 0 Å². The quantitative estimate of drug-likeness (QED) is 0.547. The van der Waals surface area contributed by atoms with Gasteiger partial charge in [0.2, 0.25) is 5.43 Å². The molecule has 4 aromatic rings. The van der Waals surface area contributed by atoms with Crippen molar-refractivity contribution in [1.29, 1.82) is 0 Å². The molecule has 8 heteroatoms. The van der Waals surface area contributed by atoms with Crippen LogP contribution >= 0.6 is 0 Å². The SMILES string of the molecule is Cc1cc(F)ccc1C(c1ccc(F)cc1)[C@H]1Cn2ccnc2-c2c(O)c(=O)cnn21. The lowest BCUT2D eigenvalue weighted by atomic mass is 9.82. The van der Waals surface area contributed by atoms with Crippen LogP contribution in [0.4, 0.5) is 8.78 Å². The Bertz CT molecular complexity index is 1340. The summed E-state index contributed by atoms with van der Waals surface area (Å²) in [5.41, 5.74) is 2.00. The van der Waals surface area contributed by atoms with Gasteiger partial charge >= 0.3 is 0 Å². The molecule has 2 aromatic carbocycles. The molecular weight excluding hydrogens is 402 g/mol. The van der Waals surface area contributed by atoms with E-state index in [1.807, 2.05) is 11.5 Å². The first kappa shape index (κ1) is 19.2. The van der Waals surface area contributed by atoms with E-state index in [0.717, 1.165) is 22.9 Å². The number of halogens is 2. The highest BCUT2D eigenvalue weighted by Gasteiger charge is 2.36. The number of benzene rings is 2. The standard InChI is InChI=1S/C23H18F2N4O2/c1-13-10-16(25)6-7-17(13)20(14-2-4-15(24)5-3-14)18-12-28-9-8-26-23(28)21-22(31)19(30)11-27-29(18)21/h2-11,18,20,31H,12H2,1H3/t18-,20?/m1/s1. The maximum Gasteiger partial charge on any atom is 0.242 e. The number of aromatic nitrogens is 4. The molecule has 1 aliphatic rings. The molecule has 6 nitrogen and oxygen atoms in total. The minimum Gasteiger partial charge on any atom is -0.503 e. The van der Waals surface area contributed by atoms with Gasteiger partial charge in [-0.1, -0.05) is 18.2 Å². The minimum atomic E-state index is -0.599. The lowest BCUT2D eigenvalue weighted by Crippen LogP contribution is -2.32. The summed E-state index contributed by atoms with van der Waals surface area (Å²) in [6, 6.07) is 10.3. The average molecular weight is 420 g/mol. The number of imidazole rings is 1. The third-order valence-electron chi connectivity index (χ3n) is 5.79. The molecule has 1 N–H and O–H groups in total. The van der Waals surface area contributed by atoms with Gasteiger partial charge in [0, 0.05) is 24.9 Å². The molecule has 5 rings (SSSR count). The summed E-state index contributed by atoms with van der Waals surface area (Å²) in [6.07, 6.45) is 4.43. The van der Waals surface area contributed by atoms with Crippen molar-refractivity contribution in [3.05, 3.63) is 99.6 Å². The first-order valence-corrected chi connectivity index (χ1v) is 9.78. The largest absolute Gasteiger partial charge is 0.503 e. The summed E-state index contributed by atoms with van der Waals surface area (Å²) in [6.45, 7) is 2.26. The lowest BCUT2D eigenvalue weighted by Gasteiger charge is -2.35. The third kappa shape index (κ3) is 3.11. The van der Waals surface area contributed by atoms with Gasteiger partial charge in [0.1, 0.15) is 17.3 Å². The van der Waals surface area contributed by atoms with E-state index in [1.54, 1.807) is 35.3 Å². The number of aromatic hydroxyl groups is 1. The summed E-state index contributed by atoms with van der Waals surface area (Å²) in [5, 5.41) is 14.9. The lowest BCUT2D eigenvalue weighted by molar-refractivity contribution is 0.330. The second-order valence-electron chi connectivity index (χ2n) is 7.65. The van der Waals surface area contributed by atoms with E-state index in [-0.39, 0.29) is 23.2 Å². The van der Waals surface area contributed by atoms with Gasteiger partial charge in [-0.05, 0) is 47.9 Å². The summed E-state index contributed by atoms with van der Waals surface area (Å²) in [5.74, 6) is -1.06. The molecule has 0 saturated heterocycles. The van der Waals surface area contributed by atoms with Gasteiger partial charge < -0.3 is 9.67 Å². The van der Waals surface area contributed by atoms with Crippen LogP contribution in [0.5, 0.6) is 5.75 Å². The van der Waals surface area contributed by atoms with Gasteiger partial charge in [-0.2, -0.15) is 5.10 Å². The number of fused-ring (bicyclic) bond motifs is 3.